The van der Waals surface area contributed by atoms with Crippen molar-refractivity contribution in [1.29, 1.82) is 0 Å². The normalized spacial score (nSPS) is 20.2. The van der Waals surface area contributed by atoms with Gasteiger partial charge in [-0.3, -0.25) is 0 Å². The van der Waals surface area contributed by atoms with Gasteiger partial charge in [-0.2, -0.15) is 0 Å². The molecule has 0 amide bonds. The summed E-state index contributed by atoms with van der Waals surface area (Å²) in [7, 11) is 0. The molecule has 2 aromatic rings. The molecular formula is C18H17ClFNO3. The molecule has 1 aliphatic rings. The molecule has 6 heteroatoms. The molecule has 1 heterocycles. The Morgan fingerprint density at radius 3 is 2.92 bits per heavy atom. The molecule has 24 heavy (non-hydrogen) atoms. The van der Waals surface area contributed by atoms with E-state index in [4.69, 9.17) is 21.4 Å². The first-order chi connectivity index (χ1) is 11.5. The highest BCUT2D eigenvalue weighted by Gasteiger charge is 2.29. The van der Waals surface area contributed by atoms with Crippen LogP contribution >= 0.6 is 11.6 Å². The number of hydrogen-bond acceptors (Lipinski definition) is 3. The monoisotopic (exact) mass is 349 g/mol. The average molecular weight is 350 g/mol. The SMILES string of the molecule is O=C(O)c1cccc(CNC2CCOC2c2ccc(Cl)c(F)c2)c1. The maximum absolute atomic E-state index is 13.7. The molecule has 2 unspecified atom stereocenters. The molecular weight excluding hydrogens is 333 g/mol. The largest absolute Gasteiger partial charge is 0.478 e. The molecule has 0 aromatic heterocycles. The molecule has 126 valence electrons. The standard InChI is InChI=1S/C18H17ClFNO3/c19-14-5-4-12(9-15(14)20)17-16(6-7-24-17)21-10-11-2-1-3-13(8-11)18(22)23/h1-5,8-9,16-17,21H,6-7,10H2,(H,22,23). The highest BCUT2D eigenvalue weighted by Crippen LogP contribution is 2.31. The molecule has 4 nitrogen and oxygen atoms in total. The first kappa shape index (κ1) is 16.9. The van der Waals surface area contributed by atoms with Gasteiger partial charge in [-0.1, -0.05) is 29.8 Å². The third kappa shape index (κ3) is 3.75. The Morgan fingerprint density at radius 1 is 1.33 bits per heavy atom. The van der Waals surface area contributed by atoms with Crippen molar-refractivity contribution in [2.45, 2.75) is 25.1 Å². The van der Waals surface area contributed by atoms with Crippen LogP contribution in [0.1, 0.15) is 34.0 Å². The van der Waals surface area contributed by atoms with Crippen LogP contribution in [0.25, 0.3) is 0 Å². The molecule has 1 saturated heterocycles. The Bertz CT molecular complexity index is 753. The zero-order chi connectivity index (χ0) is 17.1. The molecule has 2 atom stereocenters. The lowest BCUT2D eigenvalue weighted by Crippen LogP contribution is -2.31. The number of carboxylic acids is 1. The highest BCUT2D eigenvalue weighted by molar-refractivity contribution is 6.30. The van der Waals surface area contributed by atoms with E-state index < -0.39 is 11.8 Å². The van der Waals surface area contributed by atoms with E-state index in [2.05, 4.69) is 5.32 Å². The maximum atomic E-state index is 13.7. The molecule has 1 fully saturated rings. The van der Waals surface area contributed by atoms with Gasteiger partial charge in [-0.25, -0.2) is 9.18 Å². The van der Waals surface area contributed by atoms with Crippen LogP contribution in [0.15, 0.2) is 42.5 Å². The third-order valence-electron chi connectivity index (χ3n) is 4.11. The second-order valence-electron chi connectivity index (χ2n) is 5.75. The fraction of sp³-hybridized carbons (Fsp3) is 0.278. The molecule has 1 aliphatic heterocycles. The summed E-state index contributed by atoms with van der Waals surface area (Å²) >= 11 is 5.73. The van der Waals surface area contributed by atoms with Gasteiger partial charge in [0.1, 0.15) is 5.82 Å². The summed E-state index contributed by atoms with van der Waals surface area (Å²) in [4.78, 5) is 11.0. The Morgan fingerprint density at radius 2 is 2.17 bits per heavy atom. The van der Waals surface area contributed by atoms with Gasteiger partial charge in [0.25, 0.3) is 0 Å². The molecule has 0 aliphatic carbocycles. The summed E-state index contributed by atoms with van der Waals surface area (Å²) in [5.41, 5.74) is 1.88. The number of nitrogens with one attached hydrogen (secondary N) is 1. The summed E-state index contributed by atoms with van der Waals surface area (Å²) in [5.74, 6) is -1.41. The summed E-state index contributed by atoms with van der Waals surface area (Å²) in [6, 6.07) is 11.5. The minimum absolute atomic E-state index is 0.0269. The van der Waals surface area contributed by atoms with E-state index in [-0.39, 0.29) is 22.7 Å². The molecule has 0 saturated carbocycles. The minimum atomic E-state index is -0.949. The number of benzene rings is 2. The van der Waals surface area contributed by atoms with Crippen LogP contribution in [-0.4, -0.2) is 23.7 Å². The van der Waals surface area contributed by atoms with Crippen molar-refractivity contribution < 1.29 is 19.0 Å². The van der Waals surface area contributed by atoms with E-state index in [1.54, 1.807) is 24.3 Å². The van der Waals surface area contributed by atoms with E-state index in [0.29, 0.717) is 13.2 Å². The fourth-order valence-electron chi connectivity index (χ4n) is 2.88. The van der Waals surface area contributed by atoms with Crippen LogP contribution in [0.3, 0.4) is 0 Å². The van der Waals surface area contributed by atoms with Gasteiger partial charge in [0, 0.05) is 19.2 Å². The van der Waals surface area contributed by atoms with Crippen LogP contribution in [0, 0.1) is 5.82 Å². The average Bonchev–Trinajstić information content (AvgIpc) is 3.04. The van der Waals surface area contributed by atoms with Crippen molar-refractivity contribution in [3.63, 3.8) is 0 Å². The third-order valence-corrected chi connectivity index (χ3v) is 4.41. The van der Waals surface area contributed by atoms with E-state index in [1.165, 1.54) is 12.1 Å². The van der Waals surface area contributed by atoms with Crippen LogP contribution in [0.4, 0.5) is 4.39 Å². The Kier molecular flexibility index (Phi) is 5.14. The van der Waals surface area contributed by atoms with Crippen LogP contribution < -0.4 is 5.32 Å². The van der Waals surface area contributed by atoms with Gasteiger partial charge >= 0.3 is 5.97 Å². The van der Waals surface area contributed by atoms with E-state index >= 15 is 0 Å². The lowest BCUT2D eigenvalue weighted by Gasteiger charge is -2.20. The number of hydrogen-bond donors (Lipinski definition) is 2. The lowest BCUT2D eigenvalue weighted by atomic mass is 10.0. The van der Waals surface area contributed by atoms with Crippen LogP contribution in [-0.2, 0) is 11.3 Å². The summed E-state index contributed by atoms with van der Waals surface area (Å²) in [5, 5.41) is 12.5. The van der Waals surface area contributed by atoms with Crippen molar-refractivity contribution in [3.8, 4) is 0 Å². The topological polar surface area (TPSA) is 58.6 Å². The first-order valence-corrected chi connectivity index (χ1v) is 8.04. The second kappa shape index (κ2) is 7.30. The van der Waals surface area contributed by atoms with E-state index in [0.717, 1.165) is 17.5 Å². The molecule has 0 bridgehead atoms. The Balaban J connectivity index is 1.69. The first-order valence-electron chi connectivity index (χ1n) is 7.67. The van der Waals surface area contributed by atoms with Gasteiger partial charge < -0.3 is 15.2 Å². The highest BCUT2D eigenvalue weighted by atomic mass is 35.5. The number of halogens is 2. The Labute approximate surface area is 144 Å². The van der Waals surface area contributed by atoms with Gasteiger partial charge in [-0.05, 0) is 41.8 Å². The van der Waals surface area contributed by atoms with Crippen molar-refractivity contribution in [2.75, 3.05) is 6.61 Å². The zero-order valence-corrected chi connectivity index (χ0v) is 13.6. The second-order valence-corrected chi connectivity index (χ2v) is 6.15. The number of carboxylic acid groups (broad SMARTS) is 1. The predicted molar refractivity (Wildman–Crippen MR) is 88.7 cm³/mol. The number of carbonyl (C=O) groups is 1. The molecule has 2 aromatic carbocycles. The van der Waals surface area contributed by atoms with E-state index in [9.17, 15) is 9.18 Å². The number of aromatic carboxylic acids is 1. The van der Waals surface area contributed by atoms with Gasteiger partial charge in [-0.15, -0.1) is 0 Å². The lowest BCUT2D eigenvalue weighted by molar-refractivity contribution is 0.0696. The van der Waals surface area contributed by atoms with Crippen molar-refractivity contribution in [3.05, 3.63) is 70.0 Å². The molecule has 2 N–H and O–H groups in total. The molecule has 0 radical (unpaired) electrons. The quantitative estimate of drug-likeness (QED) is 0.862. The predicted octanol–water partition coefficient (Wildman–Crippen LogP) is 3.80. The molecule has 3 rings (SSSR count). The van der Waals surface area contributed by atoms with Crippen molar-refractivity contribution >= 4 is 17.6 Å². The number of ether oxygens (including phenoxy) is 1. The molecule has 0 spiro atoms. The van der Waals surface area contributed by atoms with Crippen molar-refractivity contribution in [2.24, 2.45) is 0 Å². The smallest absolute Gasteiger partial charge is 0.335 e. The minimum Gasteiger partial charge on any atom is -0.478 e. The summed E-state index contributed by atoms with van der Waals surface area (Å²) in [6.45, 7) is 1.10. The van der Waals surface area contributed by atoms with Crippen LogP contribution in [0.2, 0.25) is 5.02 Å². The van der Waals surface area contributed by atoms with Crippen molar-refractivity contribution in [1.82, 2.24) is 5.32 Å². The van der Waals surface area contributed by atoms with Crippen LogP contribution in [0.5, 0.6) is 0 Å². The van der Waals surface area contributed by atoms with E-state index in [1.807, 2.05) is 6.07 Å². The maximum Gasteiger partial charge on any atom is 0.335 e. The fourth-order valence-corrected chi connectivity index (χ4v) is 3.00. The van der Waals surface area contributed by atoms with Gasteiger partial charge in [0.15, 0.2) is 0 Å². The Hall–Kier alpha value is -1.95. The zero-order valence-electron chi connectivity index (χ0n) is 12.8. The summed E-state index contributed by atoms with van der Waals surface area (Å²) < 4.78 is 19.4. The summed E-state index contributed by atoms with van der Waals surface area (Å²) in [6.07, 6.45) is 0.549. The van der Waals surface area contributed by atoms with Gasteiger partial charge in [0.05, 0.1) is 16.7 Å². The number of rotatable bonds is 5. The van der Waals surface area contributed by atoms with Gasteiger partial charge in [0.2, 0.25) is 0 Å².